The molecular weight excluding hydrogens is 478 g/mol. The molecule has 36 heavy (non-hydrogen) atoms. The molecular formula is C24H29NO11. The van der Waals surface area contributed by atoms with Crippen LogP contribution in [-0.4, -0.2) is 73.1 Å². The zero-order chi connectivity index (χ0) is 26.6. The topological polar surface area (TPSA) is 153 Å². The van der Waals surface area contributed by atoms with E-state index in [-0.39, 0.29) is 18.3 Å². The molecule has 2 aliphatic heterocycles. The Hall–Kier alpha value is -3.67. The van der Waals surface area contributed by atoms with Gasteiger partial charge in [-0.25, -0.2) is 4.79 Å². The normalized spacial score (nSPS) is 31.0. The van der Waals surface area contributed by atoms with Crippen LogP contribution in [0.2, 0.25) is 0 Å². The molecule has 12 heteroatoms. The van der Waals surface area contributed by atoms with E-state index in [2.05, 4.69) is 5.32 Å². The third-order valence-corrected chi connectivity index (χ3v) is 5.60. The molecule has 0 radical (unpaired) electrons. The molecule has 12 nitrogen and oxygen atoms in total. The number of hydrogen-bond acceptors (Lipinski definition) is 11. The zero-order valence-corrected chi connectivity index (χ0v) is 20.5. The smallest absolute Gasteiger partial charge is 0.331 e. The lowest BCUT2D eigenvalue weighted by molar-refractivity contribution is -0.268. The number of carbonyl (C=O) groups is 5. The largest absolute Gasteiger partial charge is 0.463 e. The molecule has 1 aliphatic carbocycles. The van der Waals surface area contributed by atoms with E-state index in [0.29, 0.717) is 0 Å². The van der Waals surface area contributed by atoms with Gasteiger partial charge in [-0.1, -0.05) is 11.6 Å². The molecule has 1 fully saturated rings. The number of fused-ring (bicyclic) bond motifs is 1. The molecule has 196 valence electrons. The Balaban J connectivity index is 1.93. The van der Waals surface area contributed by atoms with Gasteiger partial charge in [0.15, 0.2) is 12.2 Å². The molecule has 1 saturated heterocycles. The average Bonchev–Trinajstić information content (AvgIpc) is 2.75. The first-order valence-corrected chi connectivity index (χ1v) is 11.3. The second kappa shape index (κ2) is 11.4. The fourth-order valence-corrected chi connectivity index (χ4v) is 4.20. The van der Waals surface area contributed by atoms with Gasteiger partial charge < -0.3 is 33.7 Å². The van der Waals surface area contributed by atoms with Crippen molar-refractivity contribution >= 4 is 29.8 Å². The summed E-state index contributed by atoms with van der Waals surface area (Å²) in [5.41, 5.74) is 0.827. The van der Waals surface area contributed by atoms with E-state index in [1.54, 1.807) is 18.2 Å². The number of hydrogen-bond donors (Lipinski definition) is 1. The lowest BCUT2D eigenvalue weighted by Crippen LogP contribution is -2.66. The Kier molecular flexibility index (Phi) is 8.51. The molecule has 0 aromatic heterocycles. The van der Waals surface area contributed by atoms with E-state index in [4.69, 9.17) is 28.4 Å². The first-order valence-electron chi connectivity index (χ1n) is 11.3. The molecule has 0 unspecified atom stereocenters. The molecule has 0 saturated carbocycles. The molecule has 1 amide bonds. The van der Waals surface area contributed by atoms with Crippen molar-refractivity contribution in [2.24, 2.45) is 5.92 Å². The third kappa shape index (κ3) is 6.72. The summed E-state index contributed by atoms with van der Waals surface area (Å²) >= 11 is 0. The van der Waals surface area contributed by atoms with E-state index in [1.165, 1.54) is 19.9 Å². The Bertz CT molecular complexity index is 1010. The van der Waals surface area contributed by atoms with Gasteiger partial charge in [-0.15, -0.1) is 0 Å². The van der Waals surface area contributed by atoms with Crippen molar-refractivity contribution in [2.75, 3.05) is 6.61 Å². The van der Waals surface area contributed by atoms with Crippen LogP contribution in [0.15, 0.2) is 35.6 Å². The van der Waals surface area contributed by atoms with Gasteiger partial charge in [0, 0.05) is 39.7 Å². The first-order chi connectivity index (χ1) is 16.9. The van der Waals surface area contributed by atoms with Crippen molar-refractivity contribution < 1.29 is 52.4 Å². The average molecular weight is 507 g/mol. The predicted molar refractivity (Wildman–Crippen MR) is 119 cm³/mol. The van der Waals surface area contributed by atoms with Crippen LogP contribution in [0, 0.1) is 5.92 Å². The molecule has 0 aromatic carbocycles. The summed E-state index contributed by atoms with van der Waals surface area (Å²) in [6, 6.07) is -1.12. The van der Waals surface area contributed by atoms with Crippen LogP contribution in [-0.2, 0) is 52.4 Å². The second-order valence-electron chi connectivity index (χ2n) is 8.58. The Morgan fingerprint density at radius 1 is 1.00 bits per heavy atom. The molecule has 3 rings (SSSR count). The van der Waals surface area contributed by atoms with Crippen LogP contribution in [0.25, 0.3) is 0 Å². The monoisotopic (exact) mass is 507 g/mol. The van der Waals surface area contributed by atoms with E-state index in [9.17, 15) is 24.0 Å². The summed E-state index contributed by atoms with van der Waals surface area (Å²) < 4.78 is 33.2. The minimum absolute atomic E-state index is 0.160. The quantitative estimate of drug-likeness (QED) is 0.381. The van der Waals surface area contributed by atoms with Crippen LogP contribution in [0.5, 0.6) is 0 Å². The highest BCUT2D eigenvalue weighted by molar-refractivity contribution is 5.84. The van der Waals surface area contributed by atoms with Gasteiger partial charge in [0.1, 0.15) is 30.6 Å². The molecule has 0 aromatic rings. The zero-order valence-electron chi connectivity index (χ0n) is 20.5. The first kappa shape index (κ1) is 26.9. The Morgan fingerprint density at radius 2 is 1.67 bits per heavy atom. The van der Waals surface area contributed by atoms with Crippen molar-refractivity contribution in [3.63, 3.8) is 0 Å². The van der Waals surface area contributed by atoms with E-state index in [1.807, 2.05) is 6.92 Å². The van der Waals surface area contributed by atoms with Crippen LogP contribution >= 0.6 is 0 Å². The van der Waals surface area contributed by atoms with Crippen molar-refractivity contribution in [1.29, 1.82) is 0 Å². The maximum absolute atomic E-state index is 12.0. The summed E-state index contributed by atoms with van der Waals surface area (Å²) in [7, 11) is 0. The van der Waals surface area contributed by atoms with Gasteiger partial charge in [0.2, 0.25) is 12.2 Å². The van der Waals surface area contributed by atoms with E-state index >= 15 is 0 Å². The summed E-state index contributed by atoms with van der Waals surface area (Å²) in [6.07, 6.45) is 1.02. The highest BCUT2D eigenvalue weighted by Gasteiger charge is 2.52. The van der Waals surface area contributed by atoms with E-state index in [0.717, 1.165) is 19.4 Å². The molecule has 0 spiro atoms. The summed E-state index contributed by atoms with van der Waals surface area (Å²) in [6.45, 7) is 6.21. The van der Waals surface area contributed by atoms with Crippen LogP contribution in [0.3, 0.4) is 0 Å². The summed E-state index contributed by atoms with van der Waals surface area (Å²) in [5, 5.41) is 2.62. The number of nitrogens with one attached hydrogen (secondary N) is 1. The minimum Gasteiger partial charge on any atom is -0.463 e. The van der Waals surface area contributed by atoms with Crippen LogP contribution < -0.4 is 5.32 Å². The predicted octanol–water partition coefficient (Wildman–Crippen LogP) is 0.601. The molecule has 2 heterocycles. The number of amides is 1. The number of allylic oxidation sites excluding steroid dienone is 1. The number of esters is 4. The molecule has 3 aliphatic rings. The maximum atomic E-state index is 12.0. The van der Waals surface area contributed by atoms with Gasteiger partial charge in [0.05, 0.1) is 0 Å². The Morgan fingerprint density at radius 3 is 2.28 bits per heavy atom. The minimum atomic E-state index is -1.27. The molecule has 0 bridgehead atoms. The van der Waals surface area contributed by atoms with Gasteiger partial charge in [-0.05, 0) is 19.1 Å². The second-order valence-corrected chi connectivity index (χ2v) is 8.58. The number of carbonyl (C=O) groups excluding carboxylic acids is 5. The summed E-state index contributed by atoms with van der Waals surface area (Å²) in [4.78, 5) is 59.1. The fourth-order valence-electron chi connectivity index (χ4n) is 4.20. The number of rotatable bonds is 7. The molecule has 1 N–H and O–H groups in total. The fraction of sp³-hybridized carbons (Fsp3) is 0.542. The molecule has 7 atom stereocenters. The SMILES string of the molecule is CC(=O)N[C@H]1[C@@H](OC2=C[C@@H]3OC(=O)C=C(C)[C@@H]3C=C2)O[C@@H](COC(C)=O)[C@@H](OC(C)=O)[C@H]1OC(C)=O. The highest BCUT2D eigenvalue weighted by Crippen LogP contribution is 2.33. The van der Waals surface area contributed by atoms with Crippen LogP contribution in [0.1, 0.15) is 34.6 Å². The van der Waals surface area contributed by atoms with Crippen LogP contribution in [0.4, 0.5) is 0 Å². The van der Waals surface area contributed by atoms with Gasteiger partial charge in [-0.2, -0.15) is 0 Å². The van der Waals surface area contributed by atoms with Gasteiger partial charge >= 0.3 is 23.9 Å². The highest BCUT2D eigenvalue weighted by atomic mass is 16.7. The number of ether oxygens (including phenoxy) is 6. The maximum Gasteiger partial charge on any atom is 0.331 e. The third-order valence-electron chi connectivity index (χ3n) is 5.60. The van der Waals surface area contributed by atoms with Gasteiger partial charge in [-0.3, -0.25) is 19.2 Å². The van der Waals surface area contributed by atoms with Crippen molar-refractivity contribution in [1.82, 2.24) is 5.32 Å². The summed E-state index contributed by atoms with van der Waals surface area (Å²) in [5.74, 6) is -2.91. The van der Waals surface area contributed by atoms with Gasteiger partial charge in [0.25, 0.3) is 0 Å². The standard InChI is InChI=1S/C24H29NO11/c1-11-8-20(30)35-18-9-16(6-7-17(11)18)34-24-21(25-12(2)26)23(33-15(5)29)22(32-14(4)28)19(36-24)10-31-13(3)27/h6-9,17-19,21-24H,10H2,1-5H3,(H,25,26)/t17-,18-,19-,21+,22+,23-,24-/m0/s1. The Labute approximate surface area is 207 Å². The van der Waals surface area contributed by atoms with Crippen molar-refractivity contribution in [3.8, 4) is 0 Å². The lowest BCUT2D eigenvalue weighted by atomic mass is 9.88. The lowest BCUT2D eigenvalue weighted by Gasteiger charge is -2.45. The van der Waals surface area contributed by atoms with E-state index < -0.39 is 66.5 Å². The van der Waals surface area contributed by atoms with Crippen molar-refractivity contribution in [3.05, 3.63) is 35.6 Å². The van der Waals surface area contributed by atoms with Crippen molar-refractivity contribution in [2.45, 2.75) is 71.4 Å².